The van der Waals surface area contributed by atoms with Gasteiger partial charge in [0.15, 0.2) is 0 Å². The van der Waals surface area contributed by atoms with Crippen molar-refractivity contribution in [2.45, 2.75) is 25.9 Å². The van der Waals surface area contributed by atoms with E-state index in [2.05, 4.69) is 96.8 Å². The predicted molar refractivity (Wildman–Crippen MR) is 114 cm³/mol. The van der Waals surface area contributed by atoms with Crippen LogP contribution in [0.15, 0.2) is 84.9 Å². The Balaban J connectivity index is 0.00000243. The fourth-order valence-corrected chi connectivity index (χ4v) is 3.00. The van der Waals surface area contributed by atoms with Crippen molar-refractivity contribution in [3.8, 4) is 0 Å². The van der Waals surface area contributed by atoms with Crippen LogP contribution < -0.4 is 10.6 Å². The second-order valence-corrected chi connectivity index (χ2v) is 6.56. The van der Waals surface area contributed by atoms with Crippen LogP contribution >= 0.6 is 12.4 Å². The van der Waals surface area contributed by atoms with Crippen molar-refractivity contribution in [2.24, 2.45) is 5.73 Å². The third-order valence-electron chi connectivity index (χ3n) is 4.61. The zero-order valence-electron chi connectivity index (χ0n) is 15.2. The lowest BCUT2D eigenvalue weighted by Gasteiger charge is -2.26. The van der Waals surface area contributed by atoms with Crippen LogP contribution in [0, 0.1) is 0 Å². The van der Waals surface area contributed by atoms with Gasteiger partial charge in [0.05, 0.1) is 0 Å². The molecule has 0 aromatic heterocycles. The summed E-state index contributed by atoms with van der Waals surface area (Å²) in [4.78, 5) is 2.42. The van der Waals surface area contributed by atoms with Crippen LogP contribution in [0.25, 0.3) is 0 Å². The molecule has 0 spiro atoms. The lowest BCUT2D eigenvalue weighted by molar-refractivity contribution is 0.770. The van der Waals surface area contributed by atoms with Crippen LogP contribution in [-0.4, -0.2) is 6.54 Å². The summed E-state index contributed by atoms with van der Waals surface area (Å²) >= 11 is 0. The first kappa shape index (κ1) is 20.0. The summed E-state index contributed by atoms with van der Waals surface area (Å²) in [5.74, 6) is 0.394. The molecule has 1 atom stereocenters. The minimum absolute atomic E-state index is 0. The highest BCUT2D eigenvalue weighted by molar-refractivity contribution is 5.85. The van der Waals surface area contributed by atoms with Gasteiger partial charge in [-0.25, -0.2) is 0 Å². The lowest BCUT2D eigenvalue weighted by Crippen LogP contribution is -2.22. The first-order chi connectivity index (χ1) is 12.3. The van der Waals surface area contributed by atoms with E-state index < -0.39 is 0 Å². The van der Waals surface area contributed by atoms with Crippen molar-refractivity contribution >= 4 is 18.1 Å². The molecule has 3 rings (SSSR count). The Morgan fingerprint density at radius 2 is 1.19 bits per heavy atom. The summed E-state index contributed by atoms with van der Waals surface area (Å²) in [5.41, 5.74) is 11.0. The van der Waals surface area contributed by atoms with E-state index in [9.17, 15) is 0 Å². The molecule has 2 N–H and O–H groups in total. The molecule has 0 heterocycles. The molecule has 3 aromatic rings. The normalized spacial score (nSPS) is 11.5. The highest BCUT2D eigenvalue weighted by Gasteiger charge is 2.10. The van der Waals surface area contributed by atoms with Crippen molar-refractivity contribution in [2.75, 3.05) is 11.4 Å². The van der Waals surface area contributed by atoms with Gasteiger partial charge in [-0.3, -0.25) is 0 Å². The minimum atomic E-state index is 0. The molecule has 2 nitrogen and oxygen atoms in total. The maximum Gasteiger partial charge on any atom is 0.0433 e. The number of nitrogens with zero attached hydrogens (tertiary/aromatic N) is 1. The number of hydrogen-bond donors (Lipinski definition) is 1. The summed E-state index contributed by atoms with van der Waals surface area (Å²) in [6, 6.07) is 30.1. The molecule has 0 saturated heterocycles. The number of benzene rings is 3. The predicted octanol–water partition coefficient (Wildman–Crippen LogP) is 5.38. The summed E-state index contributed by atoms with van der Waals surface area (Å²) in [6.07, 6.45) is 0. The third-order valence-corrected chi connectivity index (χ3v) is 4.61. The Morgan fingerprint density at radius 1 is 0.731 bits per heavy atom. The fraction of sp³-hybridized carbons (Fsp3) is 0.217. The highest BCUT2D eigenvalue weighted by atomic mass is 35.5. The molecule has 0 radical (unpaired) electrons. The monoisotopic (exact) mass is 366 g/mol. The van der Waals surface area contributed by atoms with Crippen molar-refractivity contribution in [1.82, 2.24) is 0 Å². The van der Waals surface area contributed by atoms with Crippen molar-refractivity contribution in [1.29, 1.82) is 0 Å². The third kappa shape index (κ3) is 5.35. The molecular weight excluding hydrogens is 340 g/mol. The van der Waals surface area contributed by atoms with Crippen LogP contribution in [0.1, 0.15) is 29.5 Å². The molecule has 1 unspecified atom stereocenters. The van der Waals surface area contributed by atoms with E-state index in [1.54, 1.807) is 0 Å². The maximum atomic E-state index is 5.80. The molecule has 0 aliphatic heterocycles. The highest BCUT2D eigenvalue weighted by Crippen LogP contribution is 2.23. The minimum Gasteiger partial charge on any atom is -0.363 e. The van der Waals surface area contributed by atoms with Gasteiger partial charge < -0.3 is 10.6 Å². The van der Waals surface area contributed by atoms with Crippen LogP contribution in [0.5, 0.6) is 0 Å². The first-order valence-corrected chi connectivity index (χ1v) is 8.89. The Hall–Kier alpha value is -2.29. The van der Waals surface area contributed by atoms with Crippen LogP contribution in [0.2, 0.25) is 0 Å². The average Bonchev–Trinajstić information content (AvgIpc) is 2.68. The number of anilines is 1. The molecule has 3 aromatic carbocycles. The molecule has 3 heteroatoms. The standard InChI is InChI=1S/C23H26N2.ClH/c1-19(16-24)22-12-14-23(15-13-22)25(17-20-8-4-2-5-9-20)18-21-10-6-3-7-11-21;/h2-15,19H,16-18,24H2,1H3;1H. The summed E-state index contributed by atoms with van der Waals surface area (Å²) in [7, 11) is 0. The topological polar surface area (TPSA) is 29.3 Å². The van der Waals surface area contributed by atoms with Gasteiger partial charge in [0.2, 0.25) is 0 Å². The maximum absolute atomic E-state index is 5.80. The molecule has 136 valence electrons. The number of rotatable bonds is 7. The number of halogens is 1. The zero-order chi connectivity index (χ0) is 17.5. The molecule has 0 aliphatic rings. The van der Waals surface area contributed by atoms with Crippen LogP contribution in [-0.2, 0) is 13.1 Å². The van der Waals surface area contributed by atoms with Crippen LogP contribution in [0.3, 0.4) is 0 Å². The Bertz CT molecular complexity index is 716. The molecule has 0 fully saturated rings. The Labute approximate surface area is 163 Å². The van der Waals surface area contributed by atoms with E-state index in [-0.39, 0.29) is 12.4 Å². The van der Waals surface area contributed by atoms with Gasteiger partial charge in [-0.15, -0.1) is 12.4 Å². The summed E-state index contributed by atoms with van der Waals surface area (Å²) in [5, 5.41) is 0. The zero-order valence-corrected chi connectivity index (χ0v) is 16.0. The van der Waals surface area contributed by atoms with E-state index in [0.29, 0.717) is 12.5 Å². The second-order valence-electron chi connectivity index (χ2n) is 6.56. The second kappa shape index (κ2) is 10.0. The quantitative estimate of drug-likeness (QED) is 0.608. The van der Waals surface area contributed by atoms with Gasteiger partial charge in [-0.05, 0) is 41.3 Å². The van der Waals surface area contributed by atoms with E-state index in [0.717, 1.165) is 13.1 Å². The summed E-state index contributed by atoms with van der Waals surface area (Å²) < 4.78 is 0. The largest absolute Gasteiger partial charge is 0.363 e. The SMILES string of the molecule is CC(CN)c1ccc(N(Cc2ccccc2)Cc2ccccc2)cc1.Cl. The summed E-state index contributed by atoms with van der Waals surface area (Å²) in [6.45, 7) is 4.63. The van der Waals surface area contributed by atoms with Gasteiger partial charge in [-0.2, -0.15) is 0 Å². The smallest absolute Gasteiger partial charge is 0.0433 e. The van der Waals surface area contributed by atoms with E-state index in [1.165, 1.54) is 22.4 Å². The van der Waals surface area contributed by atoms with E-state index in [4.69, 9.17) is 5.73 Å². The van der Waals surface area contributed by atoms with Gasteiger partial charge in [0.1, 0.15) is 0 Å². The van der Waals surface area contributed by atoms with Crippen LogP contribution in [0.4, 0.5) is 5.69 Å². The van der Waals surface area contributed by atoms with E-state index in [1.807, 2.05) is 0 Å². The molecule has 0 bridgehead atoms. The van der Waals surface area contributed by atoms with Gasteiger partial charge in [-0.1, -0.05) is 79.7 Å². The number of hydrogen-bond acceptors (Lipinski definition) is 2. The van der Waals surface area contributed by atoms with Crippen molar-refractivity contribution in [3.63, 3.8) is 0 Å². The molecule has 0 saturated carbocycles. The van der Waals surface area contributed by atoms with Gasteiger partial charge in [0.25, 0.3) is 0 Å². The molecule has 0 amide bonds. The number of nitrogens with two attached hydrogens (primary N) is 1. The molecule has 26 heavy (non-hydrogen) atoms. The Morgan fingerprint density at radius 3 is 1.62 bits per heavy atom. The van der Waals surface area contributed by atoms with E-state index >= 15 is 0 Å². The van der Waals surface area contributed by atoms with Crippen molar-refractivity contribution in [3.05, 3.63) is 102 Å². The molecular formula is C23H27ClN2. The first-order valence-electron chi connectivity index (χ1n) is 8.89. The van der Waals surface area contributed by atoms with Crippen molar-refractivity contribution < 1.29 is 0 Å². The fourth-order valence-electron chi connectivity index (χ4n) is 3.00. The molecule has 0 aliphatic carbocycles. The lowest BCUT2D eigenvalue weighted by atomic mass is 10.0. The Kier molecular flexibility index (Phi) is 7.71. The van der Waals surface area contributed by atoms with Gasteiger partial charge >= 0.3 is 0 Å². The average molecular weight is 367 g/mol. The van der Waals surface area contributed by atoms with Gasteiger partial charge in [0, 0.05) is 18.8 Å².